The van der Waals surface area contributed by atoms with Crippen molar-refractivity contribution in [2.75, 3.05) is 24.6 Å². The van der Waals surface area contributed by atoms with Crippen LogP contribution >= 0.6 is 0 Å². The largest absolute Gasteiger partial charge is 0.466 e. The lowest BCUT2D eigenvalue weighted by molar-refractivity contribution is -0.148. The van der Waals surface area contributed by atoms with Gasteiger partial charge in [0.25, 0.3) is 0 Å². The second-order valence-electron chi connectivity index (χ2n) is 7.63. The quantitative estimate of drug-likeness (QED) is 0.500. The predicted octanol–water partition coefficient (Wildman–Crippen LogP) is 5.70. The molecular formula is C24H23F3N2O2. The minimum Gasteiger partial charge on any atom is -0.466 e. The third-order valence-electron chi connectivity index (χ3n) is 5.66. The van der Waals surface area contributed by atoms with Crippen molar-refractivity contribution in [1.82, 2.24) is 4.98 Å². The molecule has 1 aliphatic heterocycles. The number of alkyl halides is 3. The fraction of sp³-hybridized carbons (Fsp3) is 0.333. The lowest BCUT2D eigenvalue weighted by atomic mass is 9.96. The number of esters is 1. The number of carbonyl (C=O) groups excluding carboxylic acids is 1. The summed E-state index contributed by atoms with van der Waals surface area (Å²) in [6, 6.07) is 14.5. The number of rotatable bonds is 4. The third-order valence-corrected chi connectivity index (χ3v) is 5.66. The highest BCUT2D eigenvalue weighted by Gasteiger charge is 2.33. The molecule has 31 heavy (non-hydrogen) atoms. The number of aromatic nitrogens is 1. The fourth-order valence-corrected chi connectivity index (χ4v) is 4.04. The molecule has 0 unspecified atom stereocenters. The van der Waals surface area contributed by atoms with E-state index in [1.165, 1.54) is 12.1 Å². The Hall–Kier alpha value is -3.09. The fourth-order valence-electron chi connectivity index (χ4n) is 4.04. The van der Waals surface area contributed by atoms with Gasteiger partial charge in [-0.25, -0.2) is 4.98 Å². The molecule has 2 heterocycles. The van der Waals surface area contributed by atoms with E-state index < -0.39 is 11.7 Å². The van der Waals surface area contributed by atoms with Crippen LogP contribution in [0.25, 0.3) is 22.0 Å². The van der Waals surface area contributed by atoms with Gasteiger partial charge in [-0.05, 0) is 61.2 Å². The number of halogens is 3. The smallest absolute Gasteiger partial charge is 0.417 e. The maximum Gasteiger partial charge on any atom is 0.417 e. The maximum absolute atomic E-state index is 13.4. The minimum absolute atomic E-state index is 0.0760. The zero-order chi connectivity index (χ0) is 22.0. The molecule has 4 nitrogen and oxygen atoms in total. The molecular weight excluding hydrogens is 405 g/mol. The first-order valence-corrected chi connectivity index (χ1v) is 10.4. The number of fused-ring (bicyclic) bond motifs is 1. The second kappa shape index (κ2) is 8.57. The summed E-state index contributed by atoms with van der Waals surface area (Å²) in [7, 11) is 0. The number of piperidine rings is 1. The summed E-state index contributed by atoms with van der Waals surface area (Å²) in [4.78, 5) is 18.7. The van der Waals surface area contributed by atoms with Gasteiger partial charge in [-0.3, -0.25) is 4.79 Å². The SMILES string of the molecule is CCOC(=O)C1CCN(c2ccc3cc(-c4ccccc4C(F)(F)F)ccc3n2)CC1. The van der Waals surface area contributed by atoms with Gasteiger partial charge in [0.15, 0.2) is 0 Å². The summed E-state index contributed by atoms with van der Waals surface area (Å²) in [5.41, 5.74) is 0.730. The van der Waals surface area contributed by atoms with Crippen LogP contribution in [-0.2, 0) is 15.7 Å². The summed E-state index contributed by atoms with van der Waals surface area (Å²) in [6.07, 6.45) is -2.99. The van der Waals surface area contributed by atoms with Crippen LogP contribution in [-0.4, -0.2) is 30.6 Å². The highest BCUT2D eigenvalue weighted by atomic mass is 19.4. The summed E-state index contributed by atoms with van der Waals surface area (Å²) < 4.78 is 45.3. The van der Waals surface area contributed by atoms with E-state index in [4.69, 9.17) is 9.72 Å². The van der Waals surface area contributed by atoms with Crippen molar-refractivity contribution >= 4 is 22.7 Å². The number of anilines is 1. The van der Waals surface area contributed by atoms with Gasteiger partial charge < -0.3 is 9.64 Å². The van der Waals surface area contributed by atoms with Crippen LogP contribution in [0.5, 0.6) is 0 Å². The molecule has 1 aliphatic rings. The average molecular weight is 428 g/mol. The van der Waals surface area contributed by atoms with Crippen molar-refractivity contribution in [3.05, 3.63) is 60.2 Å². The van der Waals surface area contributed by atoms with E-state index in [0.29, 0.717) is 38.1 Å². The molecule has 4 rings (SSSR count). The molecule has 0 N–H and O–H groups in total. The predicted molar refractivity (Wildman–Crippen MR) is 114 cm³/mol. The van der Waals surface area contributed by atoms with Gasteiger partial charge >= 0.3 is 12.1 Å². The number of benzene rings is 2. The molecule has 1 aromatic heterocycles. The first-order chi connectivity index (χ1) is 14.9. The van der Waals surface area contributed by atoms with Crippen LogP contribution in [0.2, 0.25) is 0 Å². The Morgan fingerprint density at radius 1 is 1.10 bits per heavy atom. The molecule has 1 saturated heterocycles. The normalized spacial score (nSPS) is 15.3. The van der Waals surface area contributed by atoms with Gasteiger partial charge in [-0.2, -0.15) is 13.2 Å². The molecule has 0 radical (unpaired) electrons. The summed E-state index contributed by atoms with van der Waals surface area (Å²) in [5.74, 6) is 0.589. The van der Waals surface area contributed by atoms with E-state index >= 15 is 0 Å². The van der Waals surface area contributed by atoms with E-state index in [2.05, 4.69) is 4.90 Å². The summed E-state index contributed by atoms with van der Waals surface area (Å²) in [5, 5.41) is 0.777. The number of nitrogens with zero attached hydrogens (tertiary/aromatic N) is 2. The minimum atomic E-state index is -4.41. The van der Waals surface area contributed by atoms with Gasteiger partial charge in [-0.15, -0.1) is 0 Å². The van der Waals surface area contributed by atoms with Gasteiger partial charge in [0.1, 0.15) is 5.82 Å². The van der Waals surface area contributed by atoms with Crippen molar-refractivity contribution < 1.29 is 22.7 Å². The molecule has 7 heteroatoms. The molecule has 0 saturated carbocycles. The molecule has 0 bridgehead atoms. The molecule has 2 aromatic carbocycles. The van der Waals surface area contributed by atoms with E-state index in [9.17, 15) is 18.0 Å². The molecule has 0 aliphatic carbocycles. The zero-order valence-electron chi connectivity index (χ0n) is 17.2. The number of pyridine rings is 1. The van der Waals surface area contributed by atoms with Crippen molar-refractivity contribution in [2.45, 2.75) is 25.9 Å². The van der Waals surface area contributed by atoms with Crippen LogP contribution < -0.4 is 4.90 Å². The Labute approximate surface area is 178 Å². The topological polar surface area (TPSA) is 42.4 Å². The monoisotopic (exact) mass is 428 g/mol. The van der Waals surface area contributed by atoms with E-state index in [-0.39, 0.29) is 17.5 Å². The standard InChI is InChI=1S/C24H23F3N2O2/c1-2-31-23(30)16-11-13-29(14-12-16)22-10-8-18-15-17(7-9-21(18)28-22)19-5-3-4-6-20(19)24(25,26)27/h3-10,15-16H,2,11-14H2,1H3. The number of ether oxygens (including phenoxy) is 1. The summed E-state index contributed by atoms with van der Waals surface area (Å²) >= 11 is 0. The van der Waals surface area contributed by atoms with E-state index in [1.54, 1.807) is 31.2 Å². The molecule has 0 amide bonds. The van der Waals surface area contributed by atoms with Crippen molar-refractivity contribution in [1.29, 1.82) is 0 Å². The molecule has 0 atom stereocenters. The Morgan fingerprint density at radius 3 is 2.55 bits per heavy atom. The zero-order valence-corrected chi connectivity index (χ0v) is 17.2. The first-order valence-electron chi connectivity index (χ1n) is 10.4. The van der Waals surface area contributed by atoms with Crippen LogP contribution in [0.1, 0.15) is 25.3 Å². The lowest BCUT2D eigenvalue weighted by Gasteiger charge is -2.31. The van der Waals surface area contributed by atoms with E-state index in [1.807, 2.05) is 12.1 Å². The number of carbonyl (C=O) groups is 1. The van der Waals surface area contributed by atoms with Crippen LogP contribution in [0.4, 0.5) is 19.0 Å². The summed E-state index contributed by atoms with van der Waals surface area (Å²) in [6.45, 7) is 3.61. The highest BCUT2D eigenvalue weighted by Crippen LogP contribution is 2.37. The molecule has 3 aromatic rings. The van der Waals surface area contributed by atoms with Crippen molar-refractivity contribution in [2.24, 2.45) is 5.92 Å². The Balaban J connectivity index is 1.56. The number of hydrogen-bond acceptors (Lipinski definition) is 4. The molecule has 162 valence electrons. The van der Waals surface area contributed by atoms with Crippen molar-refractivity contribution in [3.8, 4) is 11.1 Å². The highest BCUT2D eigenvalue weighted by molar-refractivity contribution is 5.86. The second-order valence-corrected chi connectivity index (χ2v) is 7.63. The molecule has 0 spiro atoms. The molecule has 1 fully saturated rings. The Kier molecular flexibility index (Phi) is 5.85. The van der Waals surface area contributed by atoms with E-state index in [0.717, 1.165) is 22.8 Å². The third kappa shape index (κ3) is 4.50. The van der Waals surface area contributed by atoms with Gasteiger partial charge in [0, 0.05) is 18.5 Å². The van der Waals surface area contributed by atoms with Crippen LogP contribution in [0.15, 0.2) is 54.6 Å². The van der Waals surface area contributed by atoms with Crippen molar-refractivity contribution in [3.63, 3.8) is 0 Å². The van der Waals surface area contributed by atoms with Crippen LogP contribution in [0.3, 0.4) is 0 Å². The average Bonchev–Trinajstić information content (AvgIpc) is 2.78. The van der Waals surface area contributed by atoms with Gasteiger partial charge in [-0.1, -0.05) is 24.3 Å². The maximum atomic E-state index is 13.4. The number of hydrogen-bond donors (Lipinski definition) is 0. The Bertz CT molecular complexity index is 1090. The van der Waals surface area contributed by atoms with Gasteiger partial charge in [0.05, 0.1) is 23.6 Å². The van der Waals surface area contributed by atoms with Crippen LogP contribution in [0, 0.1) is 5.92 Å². The van der Waals surface area contributed by atoms with Gasteiger partial charge in [0.2, 0.25) is 0 Å². The Morgan fingerprint density at radius 2 is 1.84 bits per heavy atom. The first kappa shape index (κ1) is 21.2. The lowest BCUT2D eigenvalue weighted by Crippen LogP contribution is -2.37.